The average Bonchev–Trinajstić information content (AvgIpc) is 2.86. The van der Waals surface area contributed by atoms with Crippen LogP contribution in [-0.4, -0.2) is 13.1 Å². The van der Waals surface area contributed by atoms with Crippen molar-refractivity contribution in [2.45, 2.75) is 13.8 Å². The van der Waals surface area contributed by atoms with E-state index in [1.54, 1.807) is 0 Å². The normalized spacial score (nSPS) is 12.6. The number of benzene rings is 2. The van der Waals surface area contributed by atoms with E-state index in [2.05, 4.69) is 66.9 Å². The molecule has 3 aromatic rings. The van der Waals surface area contributed by atoms with Gasteiger partial charge in [-0.3, -0.25) is 4.99 Å². The van der Waals surface area contributed by atoms with Gasteiger partial charge >= 0.3 is 0 Å². The Labute approximate surface area is 128 Å². The molecule has 0 aliphatic heterocycles. The number of allylic oxidation sites excluding steroid dienone is 1. The maximum Gasteiger partial charge on any atom is 0.114 e. The summed E-state index contributed by atoms with van der Waals surface area (Å²) in [6, 6.07) is 13.1. The summed E-state index contributed by atoms with van der Waals surface area (Å²) in [6.07, 6.45) is 3.27. The van der Waals surface area contributed by atoms with Gasteiger partial charge in [0.25, 0.3) is 0 Å². The number of hydrogen-bond donors (Lipinski definition) is 0. The highest BCUT2D eigenvalue weighted by atomic mass is 32.1. The third-order valence-electron chi connectivity index (χ3n) is 3.58. The first kappa shape index (κ1) is 13.7. The first-order valence-corrected chi connectivity index (χ1v) is 7.59. The van der Waals surface area contributed by atoms with Crippen LogP contribution in [0.3, 0.4) is 0 Å². The molecule has 1 heterocycles. The number of nitrogens with zero attached hydrogens (tertiary/aromatic N) is 2. The van der Waals surface area contributed by atoms with Crippen LogP contribution < -0.4 is 0 Å². The van der Waals surface area contributed by atoms with E-state index in [1.807, 2.05) is 17.5 Å². The molecule has 0 unspecified atom stereocenters. The number of aryl methyl sites for hydroxylation is 1. The summed E-state index contributed by atoms with van der Waals surface area (Å²) in [5.74, 6) is 0. The second-order valence-electron chi connectivity index (χ2n) is 5.02. The lowest BCUT2D eigenvalue weighted by Gasteiger charge is -2.02. The quantitative estimate of drug-likeness (QED) is 0.453. The fourth-order valence-electron chi connectivity index (χ4n) is 2.52. The van der Waals surface area contributed by atoms with Crippen molar-refractivity contribution in [3.63, 3.8) is 0 Å². The Morgan fingerprint density at radius 3 is 2.86 bits per heavy atom. The van der Waals surface area contributed by atoms with Crippen LogP contribution >= 0.6 is 11.3 Å². The molecule has 0 saturated heterocycles. The van der Waals surface area contributed by atoms with Crippen LogP contribution in [-0.2, 0) is 0 Å². The Hall–Kier alpha value is -2.26. The fourth-order valence-corrected chi connectivity index (χ4v) is 3.68. The summed E-state index contributed by atoms with van der Waals surface area (Å²) in [7, 11) is 0. The predicted molar refractivity (Wildman–Crippen MR) is 95.8 cm³/mol. The minimum Gasteiger partial charge on any atom is -0.253 e. The summed E-state index contributed by atoms with van der Waals surface area (Å²) in [6.45, 7) is 7.61. The molecule has 0 saturated carbocycles. The summed E-state index contributed by atoms with van der Waals surface area (Å²) in [5, 5.41) is 2.69. The molecule has 3 rings (SSSR count). The first-order valence-electron chi connectivity index (χ1n) is 6.77. The van der Waals surface area contributed by atoms with E-state index < -0.39 is 0 Å². The molecule has 0 aliphatic carbocycles. The minimum absolute atomic E-state index is 1.12. The Bertz CT molecular complexity index is 885. The van der Waals surface area contributed by atoms with Crippen LogP contribution in [0.1, 0.15) is 18.1 Å². The first-order chi connectivity index (χ1) is 10.2. The van der Waals surface area contributed by atoms with Crippen molar-refractivity contribution in [3.8, 4) is 0 Å². The van der Waals surface area contributed by atoms with Gasteiger partial charge < -0.3 is 0 Å². The number of thiophene rings is 1. The minimum atomic E-state index is 1.12. The maximum absolute atomic E-state index is 4.10. The zero-order chi connectivity index (χ0) is 14.8. The topological polar surface area (TPSA) is 24.7 Å². The smallest absolute Gasteiger partial charge is 0.114 e. The van der Waals surface area contributed by atoms with E-state index in [9.17, 15) is 0 Å². The molecular weight excluding hydrogens is 276 g/mol. The SMILES string of the molecule is C=NC=N/C=C(\C)c1ccc2sc3cccc(C)c3c2c1. The van der Waals surface area contributed by atoms with Crippen LogP contribution in [0.25, 0.3) is 25.7 Å². The number of aliphatic imine (C=N–C) groups is 2. The number of hydrogen-bond acceptors (Lipinski definition) is 2. The molecule has 21 heavy (non-hydrogen) atoms. The van der Waals surface area contributed by atoms with Gasteiger partial charge in [-0.15, -0.1) is 11.3 Å². The Morgan fingerprint density at radius 2 is 2.05 bits per heavy atom. The van der Waals surface area contributed by atoms with E-state index in [4.69, 9.17) is 0 Å². The van der Waals surface area contributed by atoms with E-state index in [1.165, 1.54) is 37.6 Å². The highest BCUT2D eigenvalue weighted by Gasteiger charge is 2.08. The van der Waals surface area contributed by atoms with Crippen LogP contribution in [0, 0.1) is 6.92 Å². The third-order valence-corrected chi connectivity index (χ3v) is 4.71. The second kappa shape index (κ2) is 5.62. The Balaban J connectivity index is 2.19. The van der Waals surface area contributed by atoms with E-state index in [-0.39, 0.29) is 0 Å². The van der Waals surface area contributed by atoms with Gasteiger partial charge in [-0.05, 0) is 55.5 Å². The van der Waals surface area contributed by atoms with Crippen molar-refractivity contribution in [1.29, 1.82) is 0 Å². The van der Waals surface area contributed by atoms with Gasteiger partial charge in [-0.2, -0.15) is 0 Å². The highest BCUT2D eigenvalue weighted by Crippen LogP contribution is 2.37. The van der Waals surface area contributed by atoms with Gasteiger partial charge in [-0.1, -0.05) is 18.2 Å². The molecule has 0 radical (unpaired) electrons. The molecule has 0 N–H and O–H groups in total. The van der Waals surface area contributed by atoms with Crippen LogP contribution in [0.5, 0.6) is 0 Å². The lowest BCUT2D eigenvalue weighted by Crippen LogP contribution is -1.80. The van der Waals surface area contributed by atoms with Crippen molar-refractivity contribution < 1.29 is 0 Å². The van der Waals surface area contributed by atoms with Gasteiger partial charge in [0.05, 0.1) is 0 Å². The number of rotatable bonds is 3. The van der Waals surface area contributed by atoms with Crippen LogP contribution in [0.4, 0.5) is 0 Å². The lowest BCUT2D eigenvalue weighted by molar-refractivity contribution is 1.50. The molecule has 0 bridgehead atoms. The second-order valence-corrected chi connectivity index (χ2v) is 6.10. The molecule has 2 nitrogen and oxygen atoms in total. The average molecular weight is 292 g/mol. The zero-order valence-electron chi connectivity index (χ0n) is 12.1. The van der Waals surface area contributed by atoms with Gasteiger partial charge in [-0.25, -0.2) is 4.99 Å². The van der Waals surface area contributed by atoms with Gasteiger partial charge in [0, 0.05) is 26.4 Å². The van der Waals surface area contributed by atoms with Gasteiger partial charge in [0.2, 0.25) is 0 Å². The molecule has 0 fully saturated rings. The van der Waals surface area contributed by atoms with Crippen molar-refractivity contribution in [1.82, 2.24) is 0 Å². The summed E-state index contributed by atoms with van der Waals surface area (Å²) >= 11 is 1.85. The predicted octanol–water partition coefficient (Wildman–Crippen LogP) is 5.45. The standard InChI is InChI=1S/C18H16N2S/c1-12-5-4-6-17-18(12)15-9-14(7-8-16(15)21-17)13(2)10-20-11-19-3/h4-11H,3H2,1-2H3/b13-10+,20-11?. The van der Waals surface area contributed by atoms with Crippen LogP contribution in [0.15, 0.2) is 52.6 Å². The summed E-state index contributed by atoms with van der Waals surface area (Å²) < 4.78 is 2.67. The van der Waals surface area contributed by atoms with Crippen molar-refractivity contribution >= 4 is 50.1 Å². The van der Waals surface area contributed by atoms with E-state index in [0.717, 1.165) is 5.57 Å². The van der Waals surface area contributed by atoms with Crippen molar-refractivity contribution in [2.75, 3.05) is 0 Å². The molecule has 3 heteroatoms. The van der Waals surface area contributed by atoms with Gasteiger partial charge in [0.1, 0.15) is 6.34 Å². The molecule has 0 aliphatic rings. The molecule has 0 atom stereocenters. The van der Waals surface area contributed by atoms with E-state index >= 15 is 0 Å². The highest BCUT2D eigenvalue weighted by molar-refractivity contribution is 7.25. The lowest BCUT2D eigenvalue weighted by atomic mass is 10.0. The molecule has 2 aromatic carbocycles. The molecule has 1 aromatic heterocycles. The van der Waals surface area contributed by atoms with Crippen molar-refractivity contribution in [3.05, 3.63) is 53.7 Å². The fraction of sp³-hybridized carbons (Fsp3) is 0.111. The van der Waals surface area contributed by atoms with Crippen molar-refractivity contribution in [2.24, 2.45) is 9.98 Å². The summed E-state index contributed by atoms with van der Waals surface area (Å²) in [4.78, 5) is 7.71. The zero-order valence-corrected chi connectivity index (χ0v) is 12.9. The van der Waals surface area contributed by atoms with E-state index in [0.29, 0.717) is 0 Å². The van der Waals surface area contributed by atoms with Crippen LogP contribution in [0.2, 0.25) is 0 Å². The molecule has 0 amide bonds. The largest absolute Gasteiger partial charge is 0.253 e. The molecule has 104 valence electrons. The molecule has 0 spiro atoms. The molecular formula is C18H16N2S. The monoisotopic (exact) mass is 292 g/mol. The van der Waals surface area contributed by atoms with Gasteiger partial charge in [0.15, 0.2) is 0 Å². The maximum atomic E-state index is 4.10. The number of fused-ring (bicyclic) bond motifs is 3. The Morgan fingerprint density at radius 1 is 1.19 bits per heavy atom. The summed E-state index contributed by atoms with van der Waals surface area (Å²) in [5.41, 5.74) is 3.63. The third kappa shape index (κ3) is 2.52. The Kier molecular flexibility index (Phi) is 3.67.